The van der Waals surface area contributed by atoms with Gasteiger partial charge < -0.3 is 40.3 Å². The van der Waals surface area contributed by atoms with Crippen LogP contribution in [0.2, 0.25) is 0 Å². The monoisotopic (exact) mass is 949 g/mol. The van der Waals surface area contributed by atoms with E-state index in [0.717, 1.165) is 116 Å². The largest absolute Gasteiger partial charge is 0.464 e. The average Bonchev–Trinajstić information content (AvgIpc) is 3.28. The topological polar surface area (TPSA) is 195 Å². The maximum Gasteiger partial charge on any atom is 0.328 e. The van der Waals surface area contributed by atoms with E-state index < -0.39 is 24.0 Å². The van der Waals surface area contributed by atoms with Crippen molar-refractivity contribution in [2.24, 2.45) is 17.8 Å². The van der Waals surface area contributed by atoms with Crippen molar-refractivity contribution in [2.45, 2.75) is 245 Å². The zero-order valence-electron chi connectivity index (χ0n) is 43.1. The molecule has 0 spiro atoms. The summed E-state index contributed by atoms with van der Waals surface area (Å²) in [4.78, 5) is 87.0. The summed E-state index contributed by atoms with van der Waals surface area (Å²) < 4.78 is 16.7. The zero-order chi connectivity index (χ0) is 49.5. The predicted octanol–water partition coefficient (Wildman–Crippen LogP) is 9.52. The number of rotatable bonds is 42. The molecule has 0 heterocycles. The standard InChI is InChI=1S/C53H96N4O10/c1-41(2)38-46(56-49(60)33-22-13-8-7-11-18-28-43(5)58)52(63)65-36-26-15-16-27-37-66-53(64)47(39-42(3)4)57-50(61)34-23-14-10-9-12-21-32-48(59)55-35-25-24-31-45(54-6)51(62)67-40-44-29-19-17-20-30-44/h41-42,44-47,54H,7-40H2,1-6H3,(H,55,59)(H,56,60)(H,57,61). The van der Waals surface area contributed by atoms with Gasteiger partial charge in [-0.05, 0) is 128 Å². The summed E-state index contributed by atoms with van der Waals surface area (Å²) in [6, 6.07) is -1.65. The van der Waals surface area contributed by atoms with Crippen LogP contribution in [-0.2, 0) is 47.8 Å². The summed E-state index contributed by atoms with van der Waals surface area (Å²) in [6.45, 7) is 11.3. The predicted molar refractivity (Wildman–Crippen MR) is 265 cm³/mol. The van der Waals surface area contributed by atoms with Crippen molar-refractivity contribution in [3.05, 3.63) is 0 Å². The molecule has 0 aromatic heterocycles. The highest BCUT2D eigenvalue weighted by molar-refractivity contribution is 5.85. The molecule has 0 bridgehead atoms. The van der Waals surface area contributed by atoms with Crippen LogP contribution >= 0.6 is 0 Å². The van der Waals surface area contributed by atoms with Gasteiger partial charge in [0.05, 0.1) is 19.8 Å². The van der Waals surface area contributed by atoms with E-state index in [0.29, 0.717) is 76.9 Å². The molecule has 1 aliphatic carbocycles. The van der Waals surface area contributed by atoms with Crippen molar-refractivity contribution in [1.29, 1.82) is 0 Å². The van der Waals surface area contributed by atoms with Gasteiger partial charge in [-0.25, -0.2) is 9.59 Å². The second-order valence-electron chi connectivity index (χ2n) is 20.0. The number of Topliss-reactive ketones (excluding diaryl/α,β-unsaturated/α-hetero) is 1. The molecule has 3 atom stereocenters. The van der Waals surface area contributed by atoms with E-state index in [1.165, 1.54) is 19.3 Å². The first kappa shape index (κ1) is 61.5. The fourth-order valence-corrected chi connectivity index (χ4v) is 8.48. The third kappa shape index (κ3) is 35.3. The van der Waals surface area contributed by atoms with Crippen LogP contribution in [0.4, 0.5) is 0 Å². The number of unbranched alkanes of at least 4 members (excludes halogenated alkanes) is 14. The van der Waals surface area contributed by atoms with Crippen LogP contribution in [-0.4, -0.2) is 93.0 Å². The molecule has 1 aliphatic rings. The van der Waals surface area contributed by atoms with Gasteiger partial charge in [-0.15, -0.1) is 0 Å². The number of likely N-dealkylation sites (N-methyl/N-ethyl adjacent to an activating group) is 1. The van der Waals surface area contributed by atoms with Gasteiger partial charge in [0.15, 0.2) is 0 Å². The number of amides is 3. The van der Waals surface area contributed by atoms with Crippen molar-refractivity contribution < 1.29 is 47.8 Å². The van der Waals surface area contributed by atoms with Crippen molar-refractivity contribution in [1.82, 2.24) is 21.3 Å². The normalized spacial score (nSPS) is 14.3. The van der Waals surface area contributed by atoms with Gasteiger partial charge in [0.25, 0.3) is 0 Å². The van der Waals surface area contributed by atoms with Gasteiger partial charge in [0.1, 0.15) is 23.9 Å². The summed E-state index contributed by atoms with van der Waals surface area (Å²) in [5.41, 5.74) is 0. The Labute approximate surface area is 405 Å². The molecule has 0 aromatic carbocycles. The highest BCUT2D eigenvalue weighted by Gasteiger charge is 2.25. The molecule has 1 saturated carbocycles. The fraction of sp³-hybridized carbons (Fsp3) is 0.868. The van der Waals surface area contributed by atoms with Gasteiger partial charge in [0, 0.05) is 32.2 Å². The van der Waals surface area contributed by atoms with E-state index in [2.05, 4.69) is 21.3 Å². The minimum atomic E-state index is -0.684. The van der Waals surface area contributed by atoms with E-state index in [9.17, 15) is 33.6 Å². The zero-order valence-corrected chi connectivity index (χ0v) is 43.1. The maximum absolute atomic E-state index is 12.9. The molecule has 1 fully saturated rings. The summed E-state index contributed by atoms with van der Waals surface area (Å²) in [5.74, 6) is -0.0699. The number of ether oxygens (including phenoxy) is 3. The summed E-state index contributed by atoms with van der Waals surface area (Å²) >= 11 is 0. The Hall–Kier alpha value is -3.55. The molecule has 388 valence electrons. The Morgan fingerprint density at radius 3 is 1.34 bits per heavy atom. The molecule has 0 saturated heterocycles. The highest BCUT2D eigenvalue weighted by atomic mass is 16.5. The van der Waals surface area contributed by atoms with Crippen molar-refractivity contribution >= 4 is 41.4 Å². The van der Waals surface area contributed by atoms with Crippen molar-refractivity contribution in [3.8, 4) is 0 Å². The molecule has 3 amide bonds. The van der Waals surface area contributed by atoms with Crippen LogP contribution in [0.15, 0.2) is 0 Å². The number of carbonyl (C=O) groups excluding carboxylic acids is 7. The Balaban J connectivity index is 2.15. The lowest BCUT2D eigenvalue weighted by Gasteiger charge is -2.22. The van der Waals surface area contributed by atoms with E-state index >= 15 is 0 Å². The van der Waals surface area contributed by atoms with Crippen molar-refractivity contribution in [2.75, 3.05) is 33.4 Å². The van der Waals surface area contributed by atoms with Crippen LogP contribution in [0.25, 0.3) is 0 Å². The second kappa shape index (κ2) is 40.3. The average molecular weight is 949 g/mol. The first-order valence-electron chi connectivity index (χ1n) is 26.7. The van der Waals surface area contributed by atoms with Gasteiger partial charge in [-0.3, -0.25) is 19.2 Å². The summed E-state index contributed by atoms with van der Waals surface area (Å²) in [7, 11) is 1.79. The third-order valence-electron chi connectivity index (χ3n) is 12.5. The molecular weight excluding hydrogens is 853 g/mol. The summed E-state index contributed by atoms with van der Waals surface area (Å²) in [6.07, 6.45) is 25.3. The van der Waals surface area contributed by atoms with Gasteiger partial charge in [-0.2, -0.15) is 0 Å². The number of ketones is 1. The van der Waals surface area contributed by atoms with Crippen LogP contribution in [0.3, 0.4) is 0 Å². The number of carbonyl (C=O) groups is 7. The first-order valence-corrected chi connectivity index (χ1v) is 26.7. The van der Waals surface area contributed by atoms with Crippen LogP contribution in [0.5, 0.6) is 0 Å². The van der Waals surface area contributed by atoms with E-state index in [1.54, 1.807) is 14.0 Å². The van der Waals surface area contributed by atoms with Gasteiger partial charge >= 0.3 is 17.9 Å². The Morgan fingerprint density at radius 2 is 0.896 bits per heavy atom. The van der Waals surface area contributed by atoms with E-state index in [4.69, 9.17) is 14.2 Å². The SMILES string of the molecule is CNC(CCCCNC(=O)CCCCCCCCC(=O)NC(CC(C)C)C(=O)OCCCCCCOC(=O)C(CC(C)C)NC(=O)CCCCCCCCC(C)=O)C(=O)OCC1CCCCC1. The smallest absolute Gasteiger partial charge is 0.328 e. The third-order valence-corrected chi connectivity index (χ3v) is 12.5. The van der Waals surface area contributed by atoms with Crippen LogP contribution in [0.1, 0.15) is 227 Å². The number of nitrogens with one attached hydrogen (secondary N) is 4. The minimum Gasteiger partial charge on any atom is -0.464 e. The molecule has 3 unspecified atom stereocenters. The molecule has 0 aromatic rings. The lowest BCUT2D eigenvalue weighted by molar-refractivity contribution is -0.149. The first-order chi connectivity index (χ1) is 32.2. The lowest BCUT2D eigenvalue weighted by atomic mass is 9.90. The minimum absolute atomic E-state index is 0.0576. The van der Waals surface area contributed by atoms with Gasteiger partial charge in [0.2, 0.25) is 17.7 Å². The maximum atomic E-state index is 12.9. The quantitative estimate of drug-likeness (QED) is 0.0259. The Morgan fingerprint density at radius 1 is 0.478 bits per heavy atom. The molecule has 0 aliphatic heterocycles. The fourth-order valence-electron chi connectivity index (χ4n) is 8.48. The van der Waals surface area contributed by atoms with Crippen LogP contribution in [0, 0.1) is 17.8 Å². The van der Waals surface area contributed by atoms with Crippen molar-refractivity contribution in [3.63, 3.8) is 0 Å². The molecule has 67 heavy (non-hydrogen) atoms. The Kier molecular flexibility index (Phi) is 37.0. The number of hydrogen-bond acceptors (Lipinski definition) is 11. The molecule has 1 rings (SSSR count). The Bertz CT molecular complexity index is 1370. The van der Waals surface area contributed by atoms with Crippen LogP contribution < -0.4 is 21.3 Å². The molecule has 14 heteroatoms. The second-order valence-corrected chi connectivity index (χ2v) is 20.0. The molecule has 4 N–H and O–H groups in total. The van der Waals surface area contributed by atoms with E-state index in [1.807, 2.05) is 27.7 Å². The number of hydrogen-bond donors (Lipinski definition) is 4. The van der Waals surface area contributed by atoms with E-state index in [-0.39, 0.29) is 60.6 Å². The highest BCUT2D eigenvalue weighted by Crippen LogP contribution is 2.24. The molecule has 0 radical (unpaired) electrons. The summed E-state index contributed by atoms with van der Waals surface area (Å²) in [5, 5.41) is 11.9. The lowest BCUT2D eigenvalue weighted by Crippen LogP contribution is -2.42. The molecular formula is C53H96N4O10. The van der Waals surface area contributed by atoms with Gasteiger partial charge in [-0.1, -0.05) is 98.3 Å². The number of esters is 3. The molecule has 14 nitrogen and oxygen atoms in total.